The Labute approximate surface area is 140 Å². The number of hydrogen-bond acceptors (Lipinski definition) is 4. The average molecular weight is 335 g/mol. The maximum absolute atomic E-state index is 12.5. The average Bonchev–Trinajstić information content (AvgIpc) is 2.92. The second-order valence-corrected chi connectivity index (χ2v) is 7.27. The lowest BCUT2D eigenvalue weighted by atomic mass is 9.96. The normalized spacial score (nSPS) is 18.3. The van der Waals surface area contributed by atoms with Crippen LogP contribution in [-0.2, 0) is 12.8 Å². The first-order valence-corrected chi connectivity index (χ1v) is 9.09. The Balaban J connectivity index is 1.65. The van der Waals surface area contributed by atoms with Crippen LogP contribution in [0.4, 0.5) is 9.80 Å². The highest BCUT2D eigenvalue weighted by molar-refractivity contribution is 7.16. The van der Waals surface area contributed by atoms with E-state index < -0.39 is 0 Å². The van der Waals surface area contributed by atoms with Crippen LogP contribution >= 0.6 is 11.3 Å². The van der Waals surface area contributed by atoms with E-state index in [2.05, 4.69) is 11.4 Å². The van der Waals surface area contributed by atoms with E-state index in [-0.39, 0.29) is 12.6 Å². The number of rotatable bonds is 3. The number of carbonyl (C=O) groups excluding carboxylic acids is 1. The molecular weight excluding hydrogens is 312 g/mol. The molecule has 0 bridgehead atoms. The van der Waals surface area contributed by atoms with Crippen LogP contribution in [0.25, 0.3) is 0 Å². The quantitative estimate of drug-likeness (QED) is 0.739. The van der Waals surface area contributed by atoms with Crippen molar-refractivity contribution in [3.8, 4) is 6.07 Å². The number of nitrogens with zero attached hydrogens (tertiary/aromatic N) is 2. The summed E-state index contributed by atoms with van der Waals surface area (Å²) >= 11 is 1.57. The Kier molecular flexibility index (Phi) is 5.16. The van der Waals surface area contributed by atoms with Crippen molar-refractivity contribution in [2.75, 3.05) is 44.6 Å². The minimum Gasteiger partial charge on any atom is -0.391 e. The highest BCUT2D eigenvalue weighted by Crippen LogP contribution is 2.37. The molecule has 0 saturated carbocycles. The van der Waals surface area contributed by atoms with Gasteiger partial charge in [0.2, 0.25) is 0 Å². The predicted molar refractivity (Wildman–Crippen MR) is 88.9 cm³/mol. The molecule has 3 N–H and O–H groups in total. The van der Waals surface area contributed by atoms with Crippen LogP contribution in [0.5, 0.6) is 0 Å². The lowest BCUT2D eigenvalue weighted by Gasteiger charge is -2.31. The van der Waals surface area contributed by atoms with Crippen LogP contribution in [0.2, 0.25) is 0 Å². The minimum atomic E-state index is -0.108. The summed E-state index contributed by atoms with van der Waals surface area (Å²) in [6.45, 7) is 4.03. The lowest BCUT2D eigenvalue weighted by Crippen LogP contribution is -3.15. The molecule has 3 rings (SSSR count). The summed E-state index contributed by atoms with van der Waals surface area (Å²) in [4.78, 5) is 16.9. The van der Waals surface area contributed by atoms with Crippen molar-refractivity contribution in [1.29, 1.82) is 5.26 Å². The van der Waals surface area contributed by atoms with Crippen LogP contribution in [-0.4, -0.2) is 55.4 Å². The van der Waals surface area contributed by atoms with Gasteiger partial charge >= 0.3 is 6.03 Å². The number of carbonyl (C=O) groups is 1. The van der Waals surface area contributed by atoms with Gasteiger partial charge < -0.3 is 14.9 Å². The van der Waals surface area contributed by atoms with E-state index >= 15 is 0 Å². The summed E-state index contributed by atoms with van der Waals surface area (Å²) in [5.74, 6) is 0. The van der Waals surface area contributed by atoms with E-state index in [1.54, 1.807) is 16.2 Å². The first kappa shape index (κ1) is 16.2. The van der Waals surface area contributed by atoms with E-state index in [0.29, 0.717) is 18.7 Å². The fourth-order valence-corrected chi connectivity index (χ4v) is 4.61. The van der Waals surface area contributed by atoms with Gasteiger partial charge in [-0.2, -0.15) is 5.26 Å². The number of urea groups is 1. The maximum Gasteiger partial charge on any atom is 0.322 e. The summed E-state index contributed by atoms with van der Waals surface area (Å²) in [6, 6.07) is 2.17. The Morgan fingerprint density at radius 2 is 2.09 bits per heavy atom. The van der Waals surface area contributed by atoms with Crippen molar-refractivity contribution in [1.82, 2.24) is 4.90 Å². The number of nitriles is 1. The predicted octanol–water partition coefficient (Wildman–Crippen LogP) is 0.223. The van der Waals surface area contributed by atoms with E-state index in [0.717, 1.165) is 49.5 Å². The van der Waals surface area contributed by atoms with Gasteiger partial charge in [0.15, 0.2) is 0 Å². The Morgan fingerprint density at radius 3 is 2.78 bits per heavy atom. The summed E-state index contributed by atoms with van der Waals surface area (Å²) in [6.07, 6.45) is 4.27. The SMILES string of the molecule is N#Cc1c(NC(=O)N2CC[NH+](CCO)CC2)sc2c1CCCC2. The first-order chi connectivity index (χ1) is 11.2. The number of hydrogen-bond donors (Lipinski definition) is 3. The zero-order valence-corrected chi connectivity index (χ0v) is 14.0. The smallest absolute Gasteiger partial charge is 0.322 e. The number of fused-ring (bicyclic) bond motifs is 1. The van der Waals surface area contributed by atoms with Crippen molar-refractivity contribution >= 4 is 22.4 Å². The largest absolute Gasteiger partial charge is 0.391 e. The molecule has 1 aliphatic carbocycles. The van der Waals surface area contributed by atoms with Crippen LogP contribution in [0.3, 0.4) is 0 Å². The Morgan fingerprint density at radius 1 is 1.35 bits per heavy atom. The molecule has 1 aromatic rings. The molecule has 1 aromatic heterocycles. The molecular formula is C16H23N4O2S+. The zero-order chi connectivity index (χ0) is 16.2. The van der Waals surface area contributed by atoms with Crippen LogP contribution < -0.4 is 10.2 Å². The van der Waals surface area contributed by atoms with Gasteiger partial charge in [-0.15, -0.1) is 11.3 Å². The van der Waals surface area contributed by atoms with Gasteiger partial charge in [0.05, 0.1) is 38.3 Å². The highest BCUT2D eigenvalue weighted by atomic mass is 32.1. The first-order valence-electron chi connectivity index (χ1n) is 8.28. The van der Waals surface area contributed by atoms with E-state index in [4.69, 9.17) is 5.11 Å². The number of aliphatic hydroxyl groups is 1. The third-order valence-corrected chi connectivity index (χ3v) is 5.93. The second-order valence-electron chi connectivity index (χ2n) is 6.17. The van der Waals surface area contributed by atoms with Gasteiger partial charge in [-0.05, 0) is 31.2 Å². The summed E-state index contributed by atoms with van der Waals surface area (Å²) in [5, 5.41) is 22.1. The number of thiophene rings is 1. The number of aryl methyl sites for hydroxylation is 1. The summed E-state index contributed by atoms with van der Waals surface area (Å²) < 4.78 is 0. The molecule has 0 aromatic carbocycles. The van der Waals surface area contributed by atoms with Gasteiger partial charge in [-0.25, -0.2) is 4.79 Å². The van der Waals surface area contributed by atoms with Crippen molar-refractivity contribution < 1.29 is 14.8 Å². The summed E-state index contributed by atoms with van der Waals surface area (Å²) in [7, 11) is 0. The molecule has 7 heteroatoms. The number of nitrogens with one attached hydrogen (secondary N) is 2. The topological polar surface area (TPSA) is 80.8 Å². The number of aliphatic hydroxyl groups excluding tert-OH is 1. The van der Waals surface area contributed by atoms with Gasteiger partial charge in [0, 0.05) is 4.88 Å². The van der Waals surface area contributed by atoms with E-state index in [1.807, 2.05) is 0 Å². The zero-order valence-electron chi connectivity index (χ0n) is 13.2. The third kappa shape index (κ3) is 3.50. The number of piperazine rings is 1. The minimum absolute atomic E-state index is 0.108. The monoisotopic (exact) mass is 335 g/mol. The van der Waals surface area contributed by atoms with Crippen LogP contribution in [0, 0.1) is 11.3 Å². The second kappa shape index (κ2) is 7.30. The van der Waals surface area contributed by atoms with E-state index in [1.165, 1.54) is 16.2 Å². The fraction of sp³-hybridized carbons (Fsp3) is 0.625. The molecule has 2 aliphatic rings. The molecule has 0 unspecified atom stereocenters. The number of anilines is 1. The fourth-order valence-electron chi connectivity index (χ4n) is 3.38. The van der Waals surface area contributed by atoms with Crippen molar-refractivity contribution in [2.45, 2.75) is 25.7 Å². The van der Waals surface area contributed by atoms with Crippen LogP contribution in [0.1, 0.15) is 28.8 Å². The number of amides is 2. The number of quaternary nitrogens is 1. The molecule has 0 atom stereocenters. The molecule has 0 radical (unpaired) electrons. The van der Waals surface area contributed by atoms with Gasteiger partial charge in [0.25, 0.3) is 0 Å². The molecule has 124 valence electrons. The van der Waals surface area contributed by atoms with Crippen molar-refractivity contribution in [3.05, 3.63) is 16.0 Å². The lowest BCUT2D eigenvalue weighted by molar-refractivity contribution is -0.904. The summed E-state index contributed by atoms with van der Waals surface area (Å²) in [5.41, 5.74) is 1.82. The van der Waals surface area contributed by atoms with Crippen molar-refractivity contribution in [3.63, 3.8) is 0 Å². The maximum atomic E-state index is 12.5. The standard InChI is InChI=1S/C16H22N4O2S/c17-11-13-12-3-1-2-4-14(12)23-15(13)18-16(22)20-7-5-19(6-8-20)9-10-21/h21H,1-10H2,(H,18,22)/p+1. The molecule has 1 aliphatic heterocycles. The van der Waals surface area contributed by atoms with Gasteiger partial charge in [0.1, 0.15) is 17.6 Å². The molecule has 6 nitrogen and oxygen atoms in total. The third-order valence-electron chi connectivity index (χ3n) is 4.73. The Bertz CT molecular complexity index is 614. The van der Waals surface area contributed by atoms with Crippen molar-refractivity contribution in [2.24, 2.45) is 0 Å². The Hall–Kier alpha value is -1.62. The molecule has 0 spiro atoms. The van der Waals surface area contributed by atoms with E-state index in [9.17, 15) is 10.1 Å². The molecule has 23 heavy (non-hydrogen) atoms. The molecule has 1 fully saturated rings. The van der Waals surface area contributed by atoms with Crippen LogP contribution in [0.15, 0.2) is 0 Å². The van der Waals surface area contributed by atoms with Gasteiger partial charge in [-0.1, -0.05) is 0 Å². The molecule has 2 heterocycles. The van der Waals surface area contributed by atoms with Gasteiger partial charge in [-0.3, -0.25) is 5.32 Å². The molecule has 1 saturated heterocycles. The highest BCUT2D eigenvalue weighted by Gasteiger charge is 2.26. The molecule has 2 amide bonds.